The lowest BCUT2D eigenvalue weighted by Gasteiger charge is -2.27. The topological polar surface area (TPSA) is 75.3 Å². The van der Waals surface area contributed by atoms with Crippen molar-refractivity contribution in [2.75, 3.05) is 0 Å². The molecule has 0 saturated heterocycles. The molecule has 0 bridgehead atoms. The van der Waals surface area contributed by atoms with E-state index >= 15 is 0 Å². The molecule has 134 valence electrons. The average molecular weight is 373 g/mol. The van der Waals surface area contributed by atoms with Gasteiger partial charge in [-0.25, -0.2) is 13.1 Å². The van der Waals surface area contributed by atoms with Crippen LogP contribution >= 0.6 is 11.6 Å². The van der Waals surface area contributed by atoms with Crippen molar-refractivity contribution < 1.29 is 13.2 Å². The van der Waals surface area contributed by atoms with Gasteiger partial charge in [0, 0.05) is 12.1 Å². The Balaban J connectivity index is 2.17. The van der Waals surface area contributed by atoms with Crippen LogP contribution in [0.3, 0.4) is 0 Å². The van der Waals surface area contributed by atoms with E-state index in [-0.39, 0.29) is 33.5 Å². The molecule has 0 spiro atoms. The molecule has 5 nitrogen and oxygen atoms in total. The van der Waals surface area contributed by atoms with Gasteiger partial charge >= 0.3 is 0 Å². The number of carbonyl (C=O) groups is 1. The first kappa shape index (κ1) is 19.2. The van der Waals surface area contributed by atoms with Crippen molar-refractivity contribution in [3.63, 3.8) is 0 Å². The van der Waals surface area contributed by atoms with Gasteiger partial charge in [0.25, 0.3) is 5.91 Å². The Labute approximate surface area is 149 Å². The number of halogens is 1. The van der Waals surface area contributed by atoms with E-state index < -0.39 is 10.0 Å². The second-order valence-electron chi connectivity index (χ2n) is 6.85. The molecule has 0 aliphatic heterocycles. The van der Waals surface area contributed by atoms with Crippen LogP contribution in [0.2, 0.25) is 5.02 Å². The molecule has 0 atom stereocenters. The summed E-state index contributed by atoms with van der Waals surface area (Å²) in [5.74, 6) is 0.374. The summed E-state index contributed by atoms with van der Waals surface area (Å²) in [7, 11) is -3.66. The van der Waals surface area contributed by atoms with Crippen molar-refractivity contribution in [3.8, 4) is 0 Å². The molecular formula is C17H25ClN2O3S. The van der Waals surface area contributed by atoms with E-state index in [0.29, 0.717) is 5.92 Å². The Kier molecular flexibility index (Phi) is 6.28. The summed E-state index contributed by atoms with van der Waals surface area (Å²) in [4.78, 5) is 12.6. The highest BCUT2D eigenvalue weighted by Crippen LogP contribution is 2.25. The van der Waals surface area contributed by atoms with Crippen LogP contribution in [-0.4, -0.2) is 26.4 Å². The van der Waals surface area contributed by atoms with Crippen molar-refractivity contribution in [1.82, 2.24) is 10.0 Å². The molecule has 7 heteroatoms. The lowest BCUT2D eigenvalue weighted by molar-refractivity contribution is 0.0923. The molecule has 1 aliphatic rings. The minimum Gasteiger partial charge on any atom is -0.349 e. The van der Waals surface area contributed by atoms with Gasteiger partial charge in [-0.15, -0.1) is 0 Å². The molecule has 2 N–H and O–H groups in total. The zero-order valence-corrected chi connectivity index (χ0v) is 15.9. The van der Waals surface area contributed by atoms with Crippen LogP contribution in [0.5, 0.6) is 0 Å². The van der Waals surface area contributed by atoms with E-state index in [4.69, 9.17) is 11.6 Å². The maximum Gasteiger partial charge on any atom is 0.253 e. The van der Waals surface area contributed by atoms with E-state index in [1.807, 2.05) is 0 Å². The minimum atomic E-state index is -3.66. The van der Waals surface area contributed by atoms with Gasteiger partial charge in [0.1, 0.15) is 0 Å². The van der Waals surface area contributed by atoms with Gasteiger partial charge < -0.3 is 5.32 Å². The molecule has 1 aliphatic carbocycles. The van der Waals surface area contributed by atoms with Gasteiger partial charge in [0.05, 0.1) is 15.5 Å². The molecule has 1 fully saturated rings. The number of amides is 1. The number of nitrogens with one attached hydrogen (secondary N) is 2. The second-order valence-corrected chi connectivity index (χ2v) is 8.97. The molecular weight excluding hydrogens is 348 g/mol. The van der Waals surface area contributed by atoms with Gasteiger partial charge in [0.15, 0.2) is 0 Å². The molecule has 0 radical (unpaired) electrons. The van der Waals surface area contributed by atoms with Gasteiger partial charge in [-0.1, -0.05) is 18.5 Å². The molecule has 1 saturated carbocycles. The van der Waals surface area contributed by atoms with Gasteiger partial charge in [0.2, 0.25) is 10.0 Å². The van der Waals surface area contributed by atoms with Crippen LogP contribution in [0, 0.1) is 5.92 Å². The highest BCUT2D eigenvalue weighted by molar-refractivity contribution is 7.89. The predicted octanol–water partition coefficient (Wildman–Crippen LogP) is 3.34. The van der Waals surface area contributed by atoms with Crippen LogP contribution in [0.1, 0.15) is 56.8 Å². The number of hydrogen-bond donors (Lipinski definition) is 2. The summed E-state index contributed by atoms with van der Waals surface area (Å²) in [6.07, 6.45) is 4.06. The highest BCUT2D eigenvalue weighted by Gasteiger charge is 2.23. The molecule has 1 aromatic carbocycles. The lowest BCUT2D eigenvalue weighted by atomic mass is 9.87. The Morgan fingerprint density at radius 3 is 2.42 bits per heavy atom. The molecule has 0 heterocycles. The van der Waals surface area contributed by atoms with Crippen LogP contribution in [0.15, 0.2) is 23.1 Å². The largest absolute Gasteiger partial charge is 0.349 e. The highest BCUT2D eigenvalue weighted by atomic mass is 35.5. The quantitative estimate of drug-likeness (QED) is 0.832. The number of sulfonamides is 1. The zero-order chi connectivity index (χ0) is 17.9. The molecule has 24 heavy (non-hydrogen) atoms. The number of carbonyl (C=O) groups excluding carboxylic acids is 1. The normalized spacial score (nSPS) is 21.7. The molecule has 0 unspecified atom stereocenters. The standard InChI is InChI=1S/C17H25ClN2O3S/c1-11(2)20-24(22,23)14-8-9-16(18)15(10-14)17(21)19-13-6-4-12(3)5-7-13/h8-13,20H,4-7H2,1-3H3,(H,19,21). The van der Waals surface area contributed by atoms with Crippen LogP contribution in [0.4, 0.5) is 0 Å². The van der Waals surface area contributed by atoms with Gasteiger partial charge in [-0.3, -0.25) is 4.79 Å². The maximum atomic E-state index is 12.5. The Hall–Kier alpha value is -1.11. The molecule has 1 aromatic rings. The van der Waals surface area contributed by atoms with Crippen molar-refractivity contribution in [3.05, 3.63) is 28.8 Å². The molecule has 0 aromatic heterocycles. The molecule has 1 amide bonds. The fourth-order valence-corrected chi connectivity index (χ4v) is 4.37. The minimum absolute atomic E-state index is 0.0445. The van der Waals surface area contributed by atoms with Crippen molar-refractivity contribution in [1.29, 1.82) is 0 Å². The van der Waals surface area contributed by atoms with Gasteiger partial charge in [-0.05, 0) is 63.6 Å². The summed E-state index contributed by atoms with van der Waals surface area (Å²) in [6, 6.07) is 4.10. The summed E-state index contributed by atoms with van der Waals surface area (Å²) >= 11 is 6.11. The first-order chi connectivity index (χ1) is 11.2. The first-order valence-electron chi connectivity index (χ1n) is 8.32. The number of rotatable bonds is 5. The number of hydrogen-bond acceptors (Lipinski definition) is 3. The molecule has 2 rings (SSSR count). The first-order valence-corrected chi connectivity index (χ1v) is 10.2. The van der Waals surface area contributed by atoms with Crippen LogP contribution in [-0.2, 0) is 10.0 Å². The number of benzene rings is 1. The summed E-state index contributed by atoms with van der Waals surface area (Å²) in [5.41, 5.74) is 0.196. The third-order valence-electron chi connectivity index (χ3n) is 4.23. The van der Waals surface area contributed by atoms with Crippen molar-refractivity contribution in [2.45, 2.75) is 63.4 Å². The monoisotopic (exact) mass is 372 g/mol. The lowest BCUT2D eigenvalue weighted by Crippen LogP contribution is -2.37. The van der Waals surface area contributed by atoms with E-state index in [0.717, 1.165) is 25.7 Å². The summed E-state index contributed by atoms with van der Waals surface area (Å²) in [6.45, 7) is 5.70. The Bertz CT molecular complexity index is 696. The van der Waals surface area contributed by atoms with E-state index in [1.54, 1.807) is 13.8 Å². The average Bonchev–Trinajstić information content (AvgIpc) is 2.48. The SMILES string of the molecule is CC1CCC(NC(=O)c2cc(S(=O)(=O)NC(C)C)ccc2Cl)CC1. The Morgan fingerprint density at radius 1 is 1.21 bits per heavy atom. The third-order valence-corrected chi connectivity index (χ3v) is 6.22. The zero-order valence-electron chi connectivity index (χ0n) is 14.3. The Morgan fingerprint density at radius 2 is 1.83 bits per heavy atom. The van der Waals surface area contributed by atoms with Gasteiger partial charge in [-0.2, -0.15) is 0 Å². The van der Waals surface area contributed by atoms with Crippen LogP contribution < -0.4 is 10.0 Å². The fraction of sp³-hybridized carbons (Fsp3) is 0.588. The summed E-state index contributed by atoms with van der Waals surface area (Å²) in [5, 5.41) is 3.23. The van der Waals surface area contributed by atoms with E-state index in [2.05, 4.69) is 17.0 Å². The van der Waals surface area contributed by atoms with Crippen molar-refractivity contribution in [2.24, 2.45) is 5.92 Å². The van der Waals surface area contributed by atoms with E-state index in [1.165, 1.54) is 18.2 Å². The van der Waals surface area contributed by atoms with E-state index in [9.17, 15) is 13.2 Å². The second kappa shape index (κ2) is 7.85. The predicted molar refractivity (Wildman–Crippen MR) is 95.8 cm³/mol. The third kappa shape index (κ3) is 4.94. The van der Waals surface area contributed by atoms with Crippen molar-refractivity contribution >= 4 is 27.5 Å². The van der Waals surface area contributed by atoms with Crippen LogP contribution in [0.25, 0.3) is 0 Å². The fourth-order valence-electron chi connectivity index (χ4n) is 2.89. The smallest absolute Gasteiger partial charge is 0.253 e. The summed E-state index contributed by atoms with van der Waals surface area (Å²) < 4.78 is 27.0. The maximum absolute atomic E-state index is 12.5.